The zero-order chi connectivity index (χ0) is 11.3. The van der Waals surface area contributed by atoms with Crippen LogP contribution in [0.4, 0.5) is 5.69 Å². The zero-order valence-corrected chi connectivity index (χ0v) is 8.81. The van der Waals surface area contributed by atoms with E-state index in [1.807, 2.05) is 19.1 Å². The summed E-state index contributed by atoms with van der Waals surface area (Å²) in [4.78, 5) is 8.55. The molecule has 16 heavy (non-hydrogen) atoms. The summed E-state index contributed by atoms with van der Waals surface area (Å²) in [6.07, 6.45) is 3.49. The number of benzene rings is 1. The molecule has 0 aliphatic rings. The third-order valence-electron chi connectivity index (χ3n) is 2.71. The zero-order valence-electron chi connectivity index (χ0n) is 8.81. The molecule has 0 unspecified atom stereocenters. The van der Waals surface area contributed by atoms with Gasteiger partial charge in [-0.25, -0.2) is 9.97 Å². The van der Waals surface area contributed by atoms with Crippen LogP contribution in [0, 0.1) is 6.92 Å². The first kappa shape index (κ1) is 8.96. The second kappa shape index (κ2) is 2.85. The highest BCUT2D eigenvalue weighted by atomic mass is 15.3. The van der Waals surface area contributed by atoms with Crippen molar-refractivity contribution in [2.24, 2.45) is 0 Å². The number of nitrogen functional groups attached to an aromatic ring is 2. The molecule has 0 amide bonds. The molecule has 5 heteroatoms. The molecule has 4 N–H and O–H groups in total. The molecule has 2 heterocycles. The van der Waals surface area contributed by atoms with Gasteiger partial charge >= 0.3 is 0 Å². The lowest BCUT2D eigenvalue weighted by atomic mass is 10.1. The summed E-state index contributed by atoms with van der Waals surface area (Å²) in [5, 5.41) is 1.85. The molecule has 80 valence electrons. The van der Waals surface area contributed by atoms with Crippen LogP contribution in [0.3, 0.4) is 0 Å². The van der Waals surface area contributed by atoms with Gasteiger partial charge in [0.25, 0.3) is 0 Å². The quantitative estimate of drug-likeness (QED) is 0.549. The van der Waals surface area contributed by atoms with Crippen LogP contribution in [0.15, 0.2) is 24.5 Å². The van der Waals surface area contributed by atoms with Gasteiger partial charge in [0.2, 0.25) is 0 Å². The summed E-state index contributed by atoms with van der Waals surface area (Å²) in [7, 11) is 0. The molecule has 0 saturated heterocycles. The number of anilines is 1. The molecule has 1 aromatic carbocycles. The maximum absolute atomic E-state index is 5.92. The second-order valence-corrected chi connectivity index (χ2v) is 3.80. The van der Waals surface area contributed by atoms with E-state index in [1.54, 1.807) is 12.4 Å². The molecular weight excluding hydrogens is 202 g/mol. The molecule has 5 nitrogen and oxygen atoms in total. The number of aromatic nitrogens is 3. The molecular formula is C11H11N5. The van der Waals surface area contributed by atoms with Crippen LogP contribution in [0.25, 0.3) is 21.8 Å². The molecule has 3 aromatic rings. The van der Waals surface area contributed by atoms with E-state index in [1.165, 1.54) is 4.68 Å². The van der Waals surface area contributed by atoms with E-state index in [0.717, 1.165) is 27.6 Å². The molecule has 0 bridgehead atoms. The topological polar surface area (TPSA) is 82.8 Å². The molecule has 0 aliphatic carbocycles. The van der Waals surface area contributed by atoms with E-state index in [4.69, 9.17) is 11.6 Å². The summed E-state index contributed by atoms with van der Waals surface area (Å²) in [6, 6.07) is 3.84. The minimum absolute atomic E-state index is 0.649. The van der Waals surface area contributed by atoms with E-state index in [-0.39, 0.29) is 0 Å². The van der Waals surface area contributed by atoms with E-state index < -0.39 is 0 Å². The Morgan fingerprint density at radius 1 is 1.31 bits per heavy atom. The molecule has 0 spiro atoms. The van der Waals surface area contributed by atoms with Crippen LogP contribution in [0.2, 0.25) is 0 Å². The van der Waals surface area contributed by atoms with Crippen molar-refractivity contribution in [1.29, 1.82) is 0 Å². The maximum atomic E-state index is 5.92. The fourth-order valence-corrected chi connectivity index (χ4v) is 1.99. The molecule has 0 saturated carbocycles. The third kappa shape index (κ3) is 1.05. The first-order chi connectivity index (χ1) is 7.66. The molecule has 0 fully saturated rings. The maximum Gasteiger partial charge on any atom is 0.125 e. The fraction of sp³-hybridized carbons (Fsp3) is 0.0909. The smallest absolute Gasteiger partial charge is 0.125 e. The Labute approximate surface area is 91.7 Å². The van der Waals surface area contributed by atoms with Gasteiger partial charge in [0.05, 0.1) is 16.7 Å². The van der Waals surface area contributed by atoms with Crippen LogP contribution in [0.1, 0.15) is 5.82 Å². The van der Waals surface area contributed by atoms with Gasteiger partial charge in [0, 0.05) is 23.2 Å². The summed E-state index contributed by atoms with van der Waals surface area (Å²) < 4.78 is 1.52. The largest absolute Gasteiger partial charge is 0.397 e. The Morgan fingerprint density at radius 2 is 2.12 bits per heavy atom. The van der Waals surface area contributed by atoms with Crippen LogP contribution < -0.4 is 11.6 Å². The normalized spacial score (nSPS) is 11.3. The predicted octanol–water partition coefficient (Wildman–Crippen LogP) is 1.19. The highest BCUT2D eigenvalue weighted by Crippen LogP contribution is 2.29. The van der Waals surface area contributed by atoms with Crippen molar-refractivity contribution in [1.82, 2.24) is 14.6 Å². The van der Waals surface area contributed by atoms with Crippen LogP contribution in [-0.4, -0.2) is 14.6 Å². The van der Waals surface area contributed by atoms with Crippen molar-refractivity contribution in [3.63, 3.8) is 0 Å². The van der Waals surface area contributed by atoms with Gasteiger partial charge in [-0.3, -0.25) is 4.68 Å². The van der Waals surface area contributed by atoms with Crippen molar-refractivity contribution in [2.75, 3.05) is 11.6 Å². The van der Waals surface area contributed by atoms with E-state index in [9.17, 15) is 0 Å². The SMILES string of the molecule is Cc1ncc2c(ccc3c2c(N)cn3N)n1. The van der Waals surface area contributed by atoms with Crippen molar-refractivity contribution >= 4 is 27.5 Å². The summed E-state index contributed by atoms with van der Waals surface area (Å²) in [5.41, 5.74) is 8.35. The molecule has 0 aliphatic heterocycles. The fourth-order valence-electron chi connectivity index (χ4n) is 1.99. The first-order valence-electron chi connectivity index (χ1n) is 4.95. The van der Waals surface area contributed by atoms with E-state index in [0.29, 0.717) is 5.69 Å². The average molecular weight is 213 g/mol. The third-order valence-corrected chi connectivity index (χ3v) is 2.71. The highest BCUT2D eigenvalue weighted by Gasteiger charge is 2.09. The number of aryl methyl sites for hydroxylation is 1. The standard InChI is InChI=1S/C11H11N5/c1-6-14-4-7-9(15-6)2-3-10-11(7)8(12)5-16(10)13/h2-5H,12-13H2,1H3. The van der Waals surface area contributed by atoms with Gasteiger partial charge in [-0.15, -0.1) is 0 Å². The second-order valence-electron chi connectivity index (χ2n) is 3.80. The highest BCUT2D eigenvalue weighted by molar-refractivity contribution is 6.11. The number of hydrogen-bond donors (Lipinski definition) is 2. The number of fused-ring (bicyclic) bond motifs is 3. The van der Waals surface area contributed by atoms with Gasteiger partial charge < -0.3 is 11.6 Å². The van der Waals surface area contributed by atoms with Crippen molar-refractivity contribution in [2.45, 2.75) is 6.92 Å². The van der Waals surface area contributed by atoms with Gasteiger partial charge in [-0.1, -0.05) is 0 Å². The Bertz CT molecular complexity index is 698. The van der Waals surface area contributed by atoms with E-state index >= 15 is 0 Å². The lowest BCUT2D eigenvalue weighted by Crippen LogP contribution is -2.05. The van der Waals surface area contributed by atoms with Gasteiger partial charge in [-0.2, -0.15) is 0 Å². The Morgan fingerprint density at radius 3 is 2.94 bits per heavy atom. The predicted molar refractivity (Wildman–Crippen MR) is 64.3 cm³/mol. The Balaban J connectivity index is 2.58. The number of rotatable bonds is 0. The summed E-state index contributed by atoms with van der Waals surface area (Å²) >= 11 is 0. The number of nitrogens with zero attached hydrogens (tertiary/aromatic N) is 3. The van der Waals surface area contributed by atoms with Gasteiger partial charge in [0.1, 0.15) is 5.82 Å². The van der Waals surface area contributed by atoms with E-state index in [2.05, 4.69) is 9.97 Å². The van der Waals surface area contributed by atoms with Crippen molar-refractivity contribution < 1.29 is 0 Å². The molecule has 3 rings (SSSR count). The van der Waals surface area contributed by atoms with Crippen LogP contribution >= 0.6 is 0 Å². The number of nitrogens with two attached hydrogens (primary N) is 2. The molecule has 0 radical (unpaired) electrons. The van der Waals surface area contributed by atoms with Gasteiger partial charge in [0.15, 0.2) is 0 Å². The Kier molecular flexibility index (Phi) is 1.60. The minimum Gasteiger partial charge on any atom is -0.397 e. The summed E-state index contributed by atoms with van der Waals surface area (Å²) in [6.45, 7) is 1.86. The summed E-state index contributed by atoms with van der Waals surface area (Å²) in [5.74, 6) is 6.54. The monoisotopic (exact) mass is 213 g/mol. The first-order valence-corrected chi connectivity index (χ1v) is 4.95. The average Bonchev–Trinajstić information content (AvgIpc) is 2.54. The lowest BCUT2D eigenvalue weighted by molar-refractivity contribution is 1.07. The lowest BCUT2D eigenvalue weighted by Gasteiger charge is -2.01. The van der Waals surface area contributed by atoms with Crippen molar-refractivity contribution in [3.05, 3.63) is 30.4 Å². The number of hydrogen-bond acceptors (Lipinski definition) is 4. The van der Waals surface area contributed by atoms with Crippen LogP contribution in [-0.2, 0) is 0 Å². The molecule has 2 aromatic heterocycles. The van der Waals surface area contributed by atoms with Gasteiger partial charge in [-0.05, 0) is 19.1 Å². The van der Waals surface area contributed by atoms with Crippen LogP contribution in [0.5, 0.6) is 0 Å². The molecule has 0 atom stereocenters. The Hall–Kier alpha value is -2.30. The minimum atomic E-state index is 0.649. The van der Waals surface area contributed by atoms with Crippen molar-refractivity contribution in [3.8, 4) is 0 Å².